The van der Waals surface area contributed by atoms with Gasteiger partial charge in [-0.05, 0) is 30.4 Å². The Labute approximate surface area is 114 Å². The van der Waals surface area contributed by atoms with Gasteiger partial charge >= 0.3 is 0 Å². The first-order valence-electron chi connectivity index (χ1n) is 6.65. The molecule has 1 aromatic rings. The number of rotatable bonds is 4. The van der Waals surface area contributed by atoms with Gasteiger partial charge in [0.25, 0.3) is 0 Å². The molecule has 0 bridgehead atoms. The van der Waals surface area contributed by atoms with E-state index in [4.69, 9.17) is 0 Å². The van der Waals surface area contributed by atoms with Gasteiger partial charge in [-0.15, -0.1) is 0 Å². The van der Waals surface area contributed by atoms with Crippen LogP contribution in [0.2, 0.25) is 0 Å². The van der Waals surface area contributed by atoms with E-state index in [1.807, 2.05) is 11.8 Å². The Bertz CT molecular complexity index is 426. The quantitative estimate of drug-likeness (QED) is 0.900. The molecular formula is C15H22N2S. The largest absolute Gasteiger partial charge is 0.361 e. The topological polar surface area (TPSA) is 24.4 Å². The molecule has 0 aliphatic carbocycles. The van der Waals surface area contributed by atoms with Crippen molar-refractivity contribution in [1.82, 2.24) is 5.32 Å². The minimum atomic E-state index is 0.590. The normalized spacial score (nSPS) is 21.6. The van der Waals surface area contributed by atoms with Gasteiger partial charge in [0.2, 0.25) is 0 Å². The molecule has 0 unspecified atom stereocenters. The van der Waals surface area contributed by atoms with Crippen molar-refractivity contribution in [3.05, 3.63) is 35.4 Å². The lowest BCUT2D eigenvalue weighted by Gasteiger charge is -2.13. The van der Waals surface area contributed by atoms with Crippen LogP contribution >= 0.6 is 11.8 Å². The summed E-state index contributed by atoms with van der Waals surface area (Å²) in [4.78, 5) is 4.66. The monoisotopic (exact) mass is 262 g/mol. The zero-order valence-corrected chi connectivity index (χ0v) is 12.3. The lowest BCUT2D eigenvalue weighted by atomic mass is 10.1. The third-order valence-electron chi connectivity index (χ3n) is 3.41. The number of benzene rings is 1. The van der Waals surface area contributed by atoms with E-state index < -0.39 is 0 Å². The molecule has 1 aliphatic heterocycles. The van der Waals surface area contributed by atoms with Gasteiger partial charge in [-0.3, -0.25) is 4.99 Å². The molecule has 1 fully saturated rings. The lowest BCUT2D eigenvalue weighted by molar-refractivity contribution is 0.503. The zero-order valence-electron chi connectivity index (χ0n) is 11.4. The highest BCUT2D eigenvalue weighted by Crippen LogP contribution is 2.19. The second kappa shape index (κ2) is 6.28. The van der Waals surface area contributed by atoms with Gasteiger partial charge in [-0.2, -0.15) is 0 Å². The van der Waals surface area contributed by atoms with Crippen LogP contribution in [0, 0.1) is 12.8 Å². The van der Waals surface area contributed by atoms with E-state index in [-0.39, 0.29) is 0 Å². The fourth-order valence-corrected chi connectivity index (χ4v) is 3.25. The number of hydrogen-bond donors (Lipinski definition) is 1. The van der Waals surface area contributed by atoms with Crippen molar-refractivity contribution < 1.29 is 0 Å². The summed E-state index contributed by atoms with van der Waals surface area (Å²) < 4.78 is 0. The number of nitrogens with zero attached hydrogens (tertiary/aromatic N) is 1. The molecule has 2 nitrogen and oxygen atoms in total. The lowest BCUT2D eigenvalue weighted by Crippen LogP contribution is -2.31. The highest BCUT2D eigenvalue weighted by atomic mass is 32.2. The summed E-state index contributed by atoms with van der Waals surface area (Å²) in [5.41, 5.74) is 2.77. The fraction of sp³-hybridized carbons (Fsp3) is 0.533. The number of nitrogens with one attached hydrogen (secondary N) is 1. The third kappa shape index (κ3) is 3.52. The van der Waals surface area contributed by atoms with Crippen molar-refractivity contribution in [1.29, 1.82) is 0 Å². The van der Waals surface area contributed by atoms with Gasteiger partial charge in [0.15, 0.2) is 5.17 Å². The van der Waals surface area contributed by atoms with Crippen LogP contribution in [0.1, 0.15) is 25.0 Å². The van der Waals surface area contributed by atoms with Crippen LogP contribution in [-0.4, -0.2) is 23.5 Å². The summed E-state index contributed by atoms with van der Waals surface area (Å²) in [6.45, 7) is 7.56. The predicted octanol–water partition coefficient (Wildman–Crippen LogP) is 3.25. The van der Waals surface area contributed by atoms with Gasteiger partial charge in [0.05, 0.1) is 0 Å². The smallest absolute Gasteiger partial charge is 0.156 e. The molecule has 1 aliphatic rings. The van der Waals surface area contributed by atoms with Crippen molar-refractivity contribution >= 4 is 16.9 Å². The molecule has 1 heterocycles. The molecule has 1 atom stereocenters. The van der Waals surface area contributed by atoms with Crippen molar-refractivity contribution in [3.63, 3.8) is 0 Å². The number of hydrogen-bond acceptors (Lipinski definition) is 2. The summed E-state index contributed by atoms with van der Waals surface area (Å²) in [6, 6.07) is 9.15. The first-order valence-corrected chi connectivity index (χ1v) is 7.63. The van der Waals surface area contributed by atoms with Crippen LogP contribution in [0.25, 0.3) is 0 Å². The van der Waals surface area contributed by atoms with E-state index in [9.17, 15) is 0 Å². The van der Waals surface area contributed by atoms with Crippen molar-refractivity contribution in [2.75, 3.05) is 12.3 Å². The number of aryl methyl sites for hydroxylation is 1. The highest BCUT2D eigenvalue weighted by molar-refractivity contribution is 8.14. The molecule has 1 N–H and O–H groups in total. The summed E-state index contributed by atoms with van der Waals surface area (Å²) in [5, 5.41) is 4.63. The molecule has 1 aromatic carbocycles. The van der Waals surface area contributed by atoms with Crippen LogP contribution in [0.3, 0.4) is 0 Å². The molecule has 2 rings (SSSR count). The van der Waals surface area contributed by atoms with E-state index in [0.717, 1.165) is 23.9 Å². The van der Waals surface area contributed by atoms with Crippen LogP contribution in [-0.2, 0) is 6.42 Å². The van der Waals surface area contributed by atoms with Gasteiger partial charge in [0.1, 0.15) is 0 Å². The predicted molar refractivity (Wildman–Crippen MR) is 81.4 cm³/mol. The van der Waals surface area contributed by atoms with E-state index in [1.165, 1.54) is 11.1 Å². The Morgan fingerprint density at radius 3 is 2.83 bits per heavy atom. The molecule has 3 heteroatoms. The number of amidine groups is 1. The maximum atomic E-state index is 4.66. The maximum absolute atomic E-state index is 4.66. The summed E-state index contributed by atoms with van der Waals surface area (Å²) in [7, 11) is 0. The van der Waals surface area contributed by atoms with Gasteiger partial charge in [0, 0.05) is 18.3 Å². The molecule has 0 aromatic heterocycles. The van der Waals surface area contributed by atoms with Gasteiger partial charge in [-0.1, -0.05) is 49.9 Å². The van der Waals surface area contributed by atoms with E-state index >= 15 is 0 Å². The van der Waals surface area contributed by atoms with Crippen molar-refractivity contribution in [2.24, 2.45) is 10.9 Å². The summed E-state index contributed by atoms with van der Waals surface area (Å²) in [6.07, 6.45) is 1.03. The Morgan fingerprint density at radius 2 is 2.17 bits per heavy atom. The minimum absolute atomic E-state index is 0.590. The Kier molecular flexibility index (Phi) is 4.70. The molecule has 0 amide bonds. The first kappa shape index (κ1) is 13.5. The average molecular weight is 262 g/mol. The third-order valence-corrected chi connectivity index (χ3v) is 4.46. The Morgan fingerprint density at radius 1 is 1.39 bits per heavy atom. The summed E-state index contributed by atoms with van der Waals surface area (Å²) in [5.74, 6) is 1.84. The van der Waals surface area contributed by atoms with E-state index in [2.05, 4.69) is 55.3 Å². The zero-order chi connectivity index (χ0) is 13.0. The molecule has 0 radical (unpaired) electrons. The molecule has 18 heavy (non-hydrogen) atoms. The van der Waals surface area contributed by atoms with Crippen LogP contribution in [0.4, 0.5) is 0 Å². The maximum Gasteiger partial charge on any atom is 0.156 e. The Balaban J connectivity index is 1.84. The van der Waals surface area contributed by atoms with Crippen molar-refractivity contribution in [3.8, 4) is 0 Å². The average Bonchev–Trinajstić information content (AvgIpc) is 2.80. The molecule has 98 valence electrons. The fourth-order valence-electron chi connectivity index (χ4n) is 2.03. The SMILES string of the molecule is Cc1ccccc1CCN=C1N[C@@H](C(C)C)CS1. The Hall–Kier alpha value is -0.960. The molecule has 0 saturated carbocycles. The molecular weight excluding hydrogens is 240 g/mol. The van der Waals surface area contributed by atoms with E-state index in [1.54, 1.807) is 0 Å². The number of aliphatic imine (C=N–C) groups is 1. The van der Waals surface area contributed by atoms with Crippen molar-refractivity contribution in [2.45, 2.75) is 33.2 Å². The van der Waals surface area contributed by atoms with Crippen LogP contribution in [0.15, 0.2) is 29.3 Å². The first-order chi connectivity index (χ1) is 8.66. The van der Waals surface area contributed by atoms with E-state index in [0.29, 0.717) is 12.0 Å². The highest BCUT2D eigenvalue weighted by Gasteiger charge is 2.22. The second-order valence-corrected chi connectivity index (χ2v) is 6.18. The molecule has 0 spiro atoms. The number of thioether (sulfide) groups is 1. The van der Waals surface area contributed by atoms with Gasteiger partial charge < -0.3 is 5.32 Å². The summed E-state index contributed by atoms with van der Waals surface area (Å²) >= 11 is 1.86. The van der Waals surface area contributed by atoms with Crippen LogP contribution in [0.5, 0.6) is 0 Å². The second-order valence-electron chi connectivity index (χ2n) is 5.17. The molecule has 1 saturated heterocycles. The standard InChI is InChI=1S/C15H22N2S/c1-11(2)14-10-18-15(17-14)16-9-8-13-7-5-4-6-12(13)3/h4-7,11,14H,8-10H2,1-3H3,(H,16,17)/t14-/m1/s1. The minimum Gasteiger partial charge on any atom is -0.361 e. The van der Waals surface area contributed by atoms with Crippen LogP contribution < -0.4 is 5.32 Å². The van der Waals surface area contributed by atoms with Gasteiger partial charge in [-0.25, -0.2) is 0 Å².